The van der Waals surface area contributed by atoms with Gasteiger partial charge in [-0.3, -0.25) is 4.79 Å². The van der Waals surface area contributed by atoms with Gasteiger partial charge in [-0.2, -0.15) is 4.31 Å². The minimum atomic E-state index is -3.87. The van der Waals surface area contributed by atoms with Gasteiger partial charge >= 0.3 is 0 Å². The number of rotatable bonds is 12. The van der Waals surface area contributed by atoms with Gasteiger partial charge in [-0.25, -0.2) is 8.42 Å². The standard InChI is InChI=1S/C27H33ClN2O7S/c1-35-23-9-11-24(12-10-23)38(33,34)30(13-15-31)14-16-36-26-18-20(19-5-7-21(28)8-6-19)17-25(37-26)27(32)29-22-3-2-4-22/h5-12,17,20,22,26,31H,2-4,13-16,18H2,1H3,(H,29,32)/t20-,26+/m1/s1. The lowest BCUT2D eigenvalue weighted by molar-refractivity contribution is -0.147. The number of nitrogens with one attached hydrogen (secondary N) is 1. The van der Waals surface area contributed by atoms with Crippen LogP contribution in [0.5, 0.6) is 5.75 Å². The van der Waals surface area contributed by atoms with Crippen molar-refractivity contribution in [2.75, 3.05) is 33.4 Å². The second-order valence-corrected chi connectivity index (χ2v) is 11.6. The van der Waals surface area contributed by atoms with Gasteiger partial charge in [0.25, 0.3) is 5.91 Å². The molecular weight excluding hydrogens is 532 g/mol. The molecule has 1 fully saturated rings. The van der Waals surface area contributed by atoms with E-state index in [2.05, 4.69) is 5.32 Å². The number of carbonyl (C=O) groups is 1. The Morgan fingerprint density at radius 1 is 1.13 bits per heavy atom. The zero-order chi connectivity index (χ0) is 27.1. The summed E-state index contributed by atoms with van der Waals surface area (Å²) in [5, 5.41) is 13.1. The Balaban J connectivity index is 1.43. The monoisotopic (exact) mass is 564 g/mol. The molecule has 0 unspecified atom stereocenters. The Labute approximate surface area is 228 Å². The van der Waals surface area contributed by atoms with Crippen LogP contribution < -0.4 is 10.1 Å². The molecule has 2 atom stereocenters. The van der Waals surface area contributed by atoms with Crippen LogP contribution in [0.3, 0.4) is 0 Å². The van der Waals surface area contributed by atoms with E-state index in [4.69, 9.17) is 25.8 Å². The van der Waals surface area contributed by atoms with Crippen LogP contribution in [-0.2, 0) is 24.3 Å². The number of ether oxygens (including phenoxy) is 3. The highest BCUT2D eigenvalue weighted by molar-refractivity contribution is 7.89. The number of halogens is 1. The molecule has 2 N–H and O–H groups in total. The van der Waals surface area contributed by atoms with E-state index in [1.165, 1.54) is 19.2 Å². The van der Waals surface area contributed by atoms with Gasteiger partial charge in [0.2, 0.25) is 16.3 Å². The minimum Gasteiger partial charge on any atom is -0.497 e. The zero-order valence-corrected chi connectivity index (χ0v) is 22.8. The van der Waals surface area contributed by atoms with E-state index in [1.54, 1.807) is 30.3 Å². The first-order valence-electron chi connectivity index (χ1n) is 12.6. The molecule has 9 nitrogen and oxygen atoms in total. The summed E-state index contributed by atoms with van der Waals surface area (Å²) in [6.07, 6.45) is 4.46. The van der Waals surface area contributed by atoms with Crippen molar-refractivity contribution in [3.05, 3.63) is 71.0 Å². The van der Waals surface area contributed by atoms with Crippen molar-refractivity contribution in [3.8, 4) is 5.75 Å². The van der Waals surface area contributed by atoms with Crippen LogP contribution in [0.4, 0.5) is 0 Å². The molecule has 4 rings (SSSR count). The molecule has 2 aromatic carbocycles. The van der Waals surface area contributed by atoms with E-state index in [0.29, 0.717) is 17.2 Å². The summed E-state index contributed by atoms with van der Waals surface area (Å²) in [4.78, 5) is 13.0. The topological polar surface area (TPSA) is 114 Å². The number of carbonyl (C=O) groups excluding carboxylic acids is 1. The average molecular weight is 565 g/mol. The van der Waals surface area contributed by atoms with Crippen molar-refractivity contribution in [1.29, 1.82) is 0 Å². The first-order valence-corrected chi connectivity index (χ1v) is 14.4. The number of sulfonamides is 1. The molecule has 0 bridgehead atoms. The number of hydrogen-bond donors (Lipinski definition) is 2. The van der Waals surface area contributed by atoms with Crippen molar-refractivity contribution in [1.82, 2.24) is 9.62 Å². The minimum absolute atomic E-state index is 0.00487. The fourth-order valence-electron chi connectivity index (χ4n) is 4.32. The summed E-state index contributed by atoms with van der Waals surface area (Å²) in [6, 6.07) is 13.6. The third-order valence-corrected chi connectivity index (χ3v) is 8.88. The van der Waals surface area contributed by atoms with Crippen molar-refractivity contribution in [2.45, 2.75) is 48.8 Å². The van der Waals surface area contributed by atoms with Gasteiger partial charge in [-0.05, 0) is 67.3 Å². The number of methoxy groups -OCH3 is 1. The average Bonchev–Trinajstić information content (AvgIpc) is 2.90. The van der Waals surface area contributed by atoms with E-state index >= 15 is 0 Å². The molecule has 0 spiro atoms. The molecule has 0 radical (unpaired) electrons. The van der Waals surface area contributed by atoms with E-state index < -0.39 is 16.3 Å². The lowest BCUT2D eigenvalue weighted by Gasteiger charge is -2.32. The van der Waals surface area contributed by atoms with Gasteiger partial charge in [0.05, 0.1) is 25.2 Å². The number of hydrogen-bond acceptors (Lipinski definition) is 7. The number of nitrogens with zero attached hydrogens (tertiary/aromatic N) is 1. The second kappa shape index (κ2) is 12.9. The Bertz CT molecular complexity index is 1210. The molecule has 38 heavy (non-hydrogen) atoms. The van der Waals surface area contributed by atoms with Gasteiger partial charge < -0.3 is 24.6 Å². The van der Waals surface area contributed by atoms with Crippen LogP contribution in [0.1, 0.15) is 37.2 Å². The van der Waals surface area contributed by atoms with Crippen molar-refractivity contribution in [3.63, 3.8) is 0 Å². The van der Waals surface area contributed by atoms with Crippen LogP contribution in [0.15, 0.2) is 65.3 Å². The summed E-state index contributed by atoms with van der Waals surface area (Å²) in [6.45, 7) is -0.438. The number of allylic oxidation sites excluding steroid dienone is 1. The highest BCUT2D eigenvalue weighted by atomic mass is 35.5. The summed E-state index contributed by atoms with van der Waals surface area (Å²) < 4.78 is 44.4. The largest absolute Gasteiger partial charge is 0.497 e. The maximum atomic E-state index is 13.2. The van der Waals surface area contributed by atoms with Crippen molar-refractivity contribution >= 4 is 27.5 Å². The van der Waals surface area contributed by atoms with E-state index in [0.717, 1.165) is 29.1 Å². The highest BCUT2D eigenvalue weighted by Gasteiger charge is 2.31. The lowest BCUT2D eigenvalue weighted by atomic mass is 9.91. The van der Waals surface area contributed by atoms with Crippen LogP contribution in [-0.4, -0.2) is 69.5 Å². The van der Waals surface area contributed by atoms with E-state index in [-0.39, 0.29) is 54.8 Å². The summed E-state index contributed by atoms with van der Waals surface area (Å²) >= 11 is 6.05. The molecule has 0 aromatic heterocycles. The Morgan fingerprint density at radius 2 is 1.84 bits per heavy atom. The van der Waals surface area contributed by atoms with Gasteiger partial charge in [-0.1, -0.05) is 23.7 Å². The fraction of sp³-hybridized carbons (Fsp3) is 0.444. The molecule has 1 aliphatic heterocycles. The number of aliphatic hydroxyl groups is 1. The maximum Gasteiger partial charge on any atom is 0.286 e. The Kier molecular flexibility index (Phi) is 9.67. The van der Waals surface area contributed by atoms with Crippen LogP contribution in [0, 0.1) is 0 Å². The SMILES string of the molecule is COc1ccc(S(=O)(=O)N(CCO)CCO[C@@H]2C[C@H](c3ccc(Cl)cc3)C=C(C(=O)NC3CCC3)O2)cc1. The highest BCUT2D eigenvalue weighted by Crippen LogP contribution is 2.32. The number of amides is 1. The maximum absolute atomic E-state index is 13.2. The third kappa shape index (κ3) is 7.06. The summed E-state index contributed by atoms with van der Waals surface area (Å²) in [5.41, 5.74) is 0.962. The molecule has 11 heteroatoms. The number of benzene rings is 2. The predicted octanol–water partition coefficient (Wildman–Crippen LogP) is 3.43. The third-order valence-electron chi connectivity index (χ3n) is 6.71. The van der Waals surface area contributed by atoms with Gasteiger partial charge in [-0.15, -0.1) is 0 Å². The first kappa shape index (κ1) is 28.4. The molecule has 0 saturated heterocycles. The molecular formula is C27H33ClN2O7S. The Morgan fingerprint density at radius 3 is 2.45 bits per heavy atom. The van der Waals surface area contributed by atoms with E-state index in [1.807, 2.05) is 12.1 Å². The van der Waals surface area contributed by atoms with E-state index in [9.17, 15) is 18.3 Å². The van der Waals surface area contributed by atoms with Crippen LogP contribution in [0.25, 0.3) is 0 Å². The fourth-order valence-corrected chi connectivity index (χ4v) is 5.86. The second-order valence-electron chi connectivity index (χ2n) is 9.25. The summed E-state index contributed by atoms with van der Waals surface area (Å²) in [7, 11) is -2.37. The molecule has 1 amide bonds. The lowest BCUT2D eigenvalue weighted by Crippen LogP contribution is -2.42. The number of aliphatic hydroxyl groups excluding tert-OH is 1. The quantitative estimate of drug-likeness (QED) is 0.406. The molecule has 1 saturated carbocycles. The first-order chi connectivity index (χ1) is 18.3. The van der Waals surface area contributed by atoms with Gasteiger partial charge in [0, 0.05) is 36.5 Å². The van der Waals surface area contributed by atoms with Crippen molar-refractivity contribution in [2.24, 2.45) is 0 Å². The molecule has 2 aliphatic rings. The molecule has 1 heterocycles. The molecule has 206 valence electrons. The van der Waals surface area contributed by atoms with Gasteiger partial charge in [0.15, 0.2) is 5.76 Å². The van der Waals surface area contributed by atoms with Crippen molar-refractivity contribution < 1.29 is 32.5 Å². The summed E-state index contributed by atoms with van der Waals surface area (Å²) in [5.74, 6) is 0.290. The molecule has 1 aliphatic carbocycles. The zero-order valence-electron chi connectivity index (χ0n) is 21.2. The smallest absolute Gasteiger partial charge is 0.286 e. The van der Waals surface area contributed by atoms with Crippen LogP contribution >= 0.6 is 11.6 Å². The Hall–Kier alpha value is -2.63. The predicted molar refractivity (Wildman–Crippen MR) is 142 cm³/mol. The van der Waals surface area contributed by atoms with Gasteiger partial charge in [0.1, 0.15) is 5.75 Å². The normalized spacial score (nSPS) is 19.8. The van der Waals surface area contributed by atoms with Crippen LogP contribution in [0.2, 0.25) is 5.02 Å². The molecule has 2 aromatic rings.